The maximum Gasteiger partial charge on any atom is 0.185 e. The van der Waals surface area contributed by atoms with Crippen molar-refractivity contribution in [2.45, 2.75) is 45.4 Å². The van der Waals surface area contributed by atoms with Crippen molar-refractivity contribution in [2.75, 3.05) is 18.0 Å². The normalized spacial score (nSPS) is 16.0. The van der Waals surface area contributed by atoms with Crippen LogP contribution in [0.2, 0.25) is 5.02 Å². The molecule has 1 aliphatic rings. The first-order valence-corrected chi connectivity index (χ1v) is 9.33. The minimum Gasteiger partial charge on any atom is -0.348 e. The molecule has 2 aromatic rings. The number of rotatable bonds is 2. The number of benzene rings is 1. The van der Waals surface area contributed by atoms with Gasteiger partial charge in [0.2, 0.25) is 0 Å². The van der Waals surface area contributed by atoms with Gasteiger partial charge in [-0.25, -0.2) is 9.37 Å². The molecule has 1 aromatic carbocycles. The second kappa shape index (κ2) is 6.40. The number of piperidine rings is 1. The lowest BCUT2D eigenvalue weighted by molar-refractivity contribution is 0.573. The van der Waals surface area contributed by atoms with Gasteiger partial charge in [-0.05, 0) is 42.4 Å². The first kappa shape index (κ1) is 16.7. The molecule has 0 amide bonds. The highest BCUT2D eigenvalue weighted by Gasteiger charge is 2.26. The second-order valence-electron chi connectivity index (χ2n) is 7.10. The largest absolute Gasteiger partial charge is 0.348 e. The summed E-state index contributed by atoms with van der Waals surface area (Å²) in [6, 6.07) is 3.24. The minimum absolute atomic E-state index is 0.211. The molecule has 0 saturated carbocycles. The Morgan fingerprint density at radius 3 is 2.52 bits per heavy atom. The predicted octanol–water partition coefficient (Wildman–Crippen LogP) is 5.89. The van der Waals surface area contributed by atoms with Crippen LogP contribution in [0.15, 0.2) is 17.5 Å². The van der Waals surface area contributed by atoms with E-state index in [0.29, 0.717) is 0 Å². The zero-order chi connectivity index (χ0) is 16.6. The molecule has 0 N–H and O–H groups in total. The van der Waals surface area contributed by atoms with Crippen LogP contribution >= 0.6 is 22.9 Å². The van der Waals surface area contributed by atoms with Crippen LogP contribution in [0, 0.1) is 5.82 Å². The van der Waals surface area contributed by atoms with Crippen LogP contribution in [0.3, 0.4) is 0 Å². The third-order valence-corrected chi connectivity index (χ3v) is 5.51. The van der Waals surface area contributed by atoms with E-state index in [1.165, 1.54) is 25.3 Å². The minimum atomic E-state index is -0.369. The highest BCUT2D eigenvalue weighted by Crippen LogP contribution is 2.40. The Morgan fingerprint density at radius 1 is 1.17 bits per heavy atom. The number of thiazole rings is 1. The van der Waals surface area contributed by atoms with Crippen molar-refractivity contribution in [3.8, 4) is 11.3 Å². The first-order valence-electron chi connectivity index (χ1n) is 8.07. The van der Waals surface area contributed by atoms with Crippen LogP contribution in [-0.4, -0.2) is 18.1 Å². The van der Waals surface area contributed by atoms with Gasteiger partial charge in [-0.15, -0.1) is 11.3 Å². The Hall–Kier alpha value is -1.13. The molecule has 5 heteroatoms. The molecule has 2 nitrogen and oxygen atoms in total. The van der Waals surface area contributed by atoms with E-state index in [4.69, 9.17) is 16.6 Å². The number of halogens is 2. The van der Waals surface area contributed by atoms with E-state index in [1.54, 1.807) is 17.4 Å². The molecule has 0 unspecified atom stereocenters. The van der Waals surface area contributed by atoms with Crippen molar-refractivity contribution >= 4 is 28.1 Å². The summed E-state index contributed by atoms with van der Waals surface area (Å²) in [5, 5.41) is 3.32. The summed E-state index contributed by atoms with van der Waals surface area (Å²) in [4.78, 5) is 7.16. The summed E-state index contributed by atoms with van der Waals surface area (Å²) >= 11 is 7.94. The molecular weight excluding hydrogens is 331 g/mol. The van der Waals surface area contributed by atoms with Gasteiger partial charge in [-0.1, -0.05) is 32.4 Å². The molecule has 0 radical (unpaired) electrons. The van der Waals surface area contributed by atoms with E-state index < -0.39 is 0 Å². The monoisotopic (exact) mass is 352 g/mol. The molecule has 0 aliphatic carbocycles. The molecule has 1 aromatic heterocycles. The van der Waals surface area contributed by atoms with Crippen LogP contribution < -0.4 is 4.90 Å². The summed E-state index contributed by atoms with van der Waals surface area (Å²) in [6.07, 6.45) is 3.76. The number of anilines is 1. The van der Waals surface area contributed by atoms with Gasteiger partial charge < -0.3 is 4.90 Å². The van der Waals surface area contributed by atoms with Crippen LogP contribution in [0.1, 0.15) is 45.6 Å². The lowest BCUT2D eigenvalue weighted by atomic mass is 9.83. The molecule has 124 valence electrons. The number of aromatic nitrogens is 1. The van der Waals surface area contributed by atoms with E-state index in [1.807, 2.05) is 0 Å². The maximum atomic E-state index is 13.9. The van der Waals surface area contributed by atoms with Gasteiger partial charge in [-0.3, -0.25) is 0 Å². The van der Waals surface area contributed by atoms with E-state index in [9.17, 15) is 4.39 Å². The van der Waals surface area contributed by atoms with Crippen LogP contribution in [-0.2, 0) is 5.41 Å². The number of nitrogens with zero attached hydrogens (tertiary/aromatic N) is 2. The molecule has 2 heterocycles. The van der Waals surface area contributed by atoms with Gasteiger partial charge in [0.25, 0.3) is 0 Å². The molecule has 0 bridgehead atoms. The fraction of sp³-hybridized carbons (Fsp3) is 0.500. The summed E-state index contributed by atoms with van der Waals surface area (Å²) in [7, 11) is 0. The predicted molar refractivity (Wildman–Crippen MR) is 97.3 cm³/mol. The van der Waals surface area contributed by atoms with E-state index >= 15 is 0 Å². The van der Waals surface area contributed by atoms with E-state index in [-0.39, 0.29) is 16.3 Å². The smallest absolute Gasteiger partial charge is 0.185 e. The molecular formula is C18H22ClFN2S. The Morgan fingerprint density at radius 2 is 1.87 bits per heavy atom. The number of hydrogen-bond acceptors (Lipinski definition) is 3. The van der Waals surface area contributed by atoms with Crippen molar-refractivity contribution < 1.29 is 4.39 Å². The Balaban J connectivity index is 2.02. The summed E-state index contributed by atoms with van der Waals surface area (Å²) < 4.78 is 13.9. The standard InChI is InChI=1S/C18H22ClFN2S/c1-18(2,3)15-12(7-8-13(20)16(15)19)14-11-23-17(21-14)22-9-5-4-6-10-22/h7-8,11H,4-6,9-10H2,1-3H3. The summed E-state index contributed by atoms with van der Waals surface area (Å²) in [5.41, 5.74) is 2.41. The Labute approximate surface area is 146 Å². The van der Waals surface area contributed by atoms with Crippen LogP contribution in [0.25, 0.3) is 11.3 Å². The Kier molecular flexibility index (Phi) is 4.65. The van der Waals surface area contributed by atoms with Gasteiger partial charge in [0, 0.05) is 24.0 Å². The average molecular weight is 353 g/mol. The van der Waals surface area contributed by atoms with Gasteiger partial charge in [0.05, 0.1) is 10.7 Å². The molecule has 1 saturated heterocycles. The van der Waals surface area contributed by atoms with Gasteiger partial charge in [-0.2, -0.15) is 0 Å². The molecule has 23 heavy (non-hydrogen) atoms. The molecule has 1 fully saturated rings. The Bertz CT molecular complexity index is 700. The lowest BCUT2D eigenvalue weighted by Crippen LogP contribution is -2.29. The highest BCUT2D eigenvalue weighted by atomic mass is 35.5. The number of hydrogen-bond donors (Lipinski definition) is 0. The van der Waals surface area contributed by atoms with Crippen LogP contribution in [0.5, 0.6) is 0 Å². The fourth-order valence-corrected chi connectivity index (χ4v) is 4.44. The van der Waals surface area contributed by atoms with Gasteiger partial charge >= 0.3 is 0 Å². The van der Waals surface area contributed by atoms with Crippen molar-refractivity contribution in [3.63, 3.8) is 0 Å². The molecule has 1 aliphatic heterocycles. The SMILES string of the molecule is CC(C)(C)c1c(-c2csc(N3CCCCC3)n2)ccc(F)c1Cl. The molecule has 0 atom stereocenters. The van der Waals surface area contributed by atoms with Gasteiger partial charge in [0.15, 0.2) is 5.13 Å². The zero-order valence-corrected chi connectivity index (χ0v) is 15.4. The van der Waals surface area contributed by atoms with E-state index in [0.717, 1.165) is 35.0 Å². The third kappa shape index (κ3) is 3.38. The fourth-order valence-electron chi connectivity index (χ4n) is 3.12. The lowest BCUT2D eigenvalue weighted by Gasteiger charge is -2.26. The summed E-state index contributed by atoms with van der Waals surface area (Å²) in [5.74, 6) is -0.369. The van der Waals surface area contributed by atoms with Crippen molar-refractivity contribution in [2.24, 2.45) is 0 Å². The zero-order valence-electron chi connectivity index (χ0n) is 13.8. The second-order valence-corrected chi connectivity index (χ2v) is 8.31. The van der Waals surface area contributed by atoms with E-state index in [2.05, 4.69) is 31.1 Å². The quantitative estimate of drug-likeness (QED) is 0.669. The third-order valence-electron chi connectivity index (χ3n) is 4.24. The summed E-state index contributed by atoms with van der Waals surface area (Å²) in [6.45, 7) is 8.30. The first-order chi connectivity index (χ1) is 10.9. The maximum absolute atomic E-state index is 13.9. The molecule has 0 spiro atoms. The van der Waals surface area contributed by atoms with Crippen LogP contribution in [0.4, 0.5) is 9.52 Å². The van der Waals surface area contributed by atoms with Crippen molar-refractivity contribution in [3.05, 3.63) is 33.9 Å². The topological polar surface area (TPSA) is 16.1 Å². The average Bonchev–Trinajstić information content (AvgIpc) is 2.99. The van der Waals surface area contributed by atoms with Crippen molar-refractivity contribution in [1.82, 2.24) is 4.98 Å². The van der Waals surface area contributed by atoms with Gasteiger partial charge in [0.1, 0.15) is 5.82 Å². The molecule has 3 rings (SSSR count). The van der Waals surface area contributed by atoms with Crippen molar-refractivity contribution in [1.29, 1.82) is 0 Å². The highest BCUT2D eigenvalue weighted by molar-refractivity contribution is 7.14.